The Hall–Kier alpha value is -0.760. The van der Waals surface area contributed by atoms with E-state index in [1.165, 1.54) is 10.9 Å². The lowest BCUT2D eigenvalue weighted by Crippen LogP contribution is -2.13. The Morgan fingerprint density at radius 2 is 2.05 bits per heavy atom. The van der Waals surface area contributed by atoms with Crippen LogP contribution >= 0.6 is 43.2 Å². The highest BCUT2D eigenvalue weighted by Crippen LogP contribution is 2.24. The molecule has 0 fully saturated rings. The predicted molar refractivity (Wildman–Crippen MR) is 83.4 cm³/mol. The first-order chi connectivity index (χ1) is 9.08. The summed E-state index contributed by atoms with van der Waals surface area (Å²) in [6.45, 7) is 1.14. The zero-order valence-corrected chi connectivity index (χ0v) is 13.7. The fourth-order valence-electron chi connectivity index (χ4n) is 1.64. The van der Waals surface area contributed by atoms with Crippen molar-refractivity contribution < 1.29 is 4.92 Å². The van der Waals surface area contributed by atoms with Gasteiger partial charge in [0.25, 0.3) is 5.69 Å². The molecule has 19 heavy (non-hydrogen) atoms. The number of rotatable bonds is 5. The molecule has 2 aromatic rings. The average molecular weight is 406 g/mol. The zero-order chi connectivity index (χ0) is 13.8. The van der Waals surface area contributed by atoms with Crippen molar-refractivity contribution in [2.45, 2.75) is 13.1 Å². The first-order valence-corrected chi connectivity index (χ1v) is 7.90. The summed E-state index contributed by atoms with van der Waals surface area (Å²) >= 11 is 8.43. The number of nitrogens with one attached hydrogen (secondary N) is 1. The third-order valence-corrected chi connectivity index (χ3v) is 4.95. The number of benzene rings is 1. The van der Waals surface area contributed by atoms with Gasteiger partial charge in [-0.15, -0.1) is 11.3 Å². The van der Waals surface area contributed by atoms with Gasteiger partial charge >= 0.3 is 0 Å². The van der Waals surface area contributed by atoms with Crippen molar-refractivity contribution in [1.29, 1.82) is 0 Å². The summed E-state index contributed by atoms with van der Waals surface area (Å²) in [5.41, 5.74) is 0.813. The summed E-state index contributed by atoms with van der Waals surface area (Å²) in [5.74, 6) is 0. The number of nitrogens with zero attached hydrogens (tertiary/aromatic N) is 1. The molecule has 2 rings (SSSR count). The van der Waals surface area contributed by atoms with Gasteiger partial charge in [0.15, 0.2) is 0 Å². The minimum absolute atomic E-state index is 0.140. The van der Waals surface area contributed by atoms with Gasteiger partial charge in [-0.2, -0.15) is 0 Å². The second-order valence-electron chi connectivity index (χ2n) is 3.83. The number of thiophene rings is 1. The third kappa shape index (κ3) is 3.85. The molecule has 1 N–H and O–H groups in total. The Kier molecular flexibility index (Phi) is 5.09. The molecule has 0 bridgehead atoms. The zero-order valence-electron chi connectivity index (χ0n) is 9.73. The summed E-state index contributed by atoms with van der Waals surface area (Å²) in [5, 5.41) is 16.2. The van der Waals surface area contributed by atoms with Crippen LogP contribution in [-0.2, 0) is 13.1 Å². The first-order valence-electron chi connectivity index (χ1n) is 5.43. The molecule has 1 aromatic carbocycles. The molecule has 0 aliphatic heterocycles. The maximum absolute atomic E-state index is 10.9. The number of halogens is 2. The summed E-state index contributed by atoms with van der Waals surface area (Å²) < 4.78 is 1.90. The minimum atomic E-state index is -0.357. The van der Waals surface area contributed by atoms with E-state index in [4.69, 9.17) is 0 Å². The van der Waals surface area contributed by atoms with Crippen LogP contribution in [0.4, 0.5) is 5.69 Å². The highest BCUT2D eigenvalue weighted by molar-refractivity contribution is 9.10. The Balaban J connectivity index is 2.05. The first kappa shape index (κ1) is 14.6. The molecule has 0 amide bonds. The van der Waals surface area contributed by atoms with Crippen LogP contribution in [0.2, 0.25) is 0 Å². The second kappa shape index (κ2) is 6.60. The Morgan fingerprint density at radius 3 is 2.68 bits per heavy atom. The molecule has 1 aromatic heterocycles. The van der Waals surface area contributed by atoms with E-state index in [-0.39, 0.29) is 10.6 Å². The SMILES string of the molecule is O=[N+]([O-])c1ccc(Br)cc1CNCc1sccc1Br. The fourth-order valence-corrected chi connectivity index (χ4v) is 3.51. The summed E-state index contributed by atoms with van der Waals surface area (Å²) in [4.78, 5) is 11.8. The Labute approximate surface area is 131 Å². The molecular formula is C12H10Br2N2O2S. The maximum Gasteiger partial charge on any atom is 0.273 e. The van der Waals surface area contributed by atoms with E-state index in [0.29, 0.717) is 18.7 Å². The predicted octanol–water partition coefficient (Wildman–Crippen LogP) is 4.47. The fraction of sp³-hybridized carbons (Fsp3) is 0.167. The van der Waals surface area contributed by atoms with Crippen molar-refractivity contribution in [2.75, 3.05) is 0 Å². The van der Waals surface area contributed by atoms with Crippen LogP contribution in [0.15, 0.2) is 38.6 Å². The van der Waals surface area contributed by atoms with Gasteiger partial charge in [-0.3, -0.25) is 10.1 Å². The van der Waals surface area contributed by atoms with Crippen LogP contribution in [0.1, 0.15) is 10.4 Å². The van der Waals surface area contributed by atoms with Crippen molar-refractivity contribution in [3.8, 4) is 0 Å². The van der Waals surface area contributed by atoms with Crippen molar-refractivity contribution in [1.82, 2.24) is 5.32 Å². The second-order valence-corrected chi connectivity index (χ2v) is 6.60. The standard InChI is InChI=1S/C12H10Br2N2O2S/c13-9-1-2-11(16(17)18)8(5-9)6-15-7-12-10(14)3-4-19-12/h1-5,15H,6-7H2. The van der Waals surface area contributed by atoms with Gasteiger partial charge in [-0.05, 0) is 39.5 Å². The highest BCUT2D eigenvalue weighted by atomic mass is 79.9. The summed E-state index contributed by atoms with van der Waals surface area (Å²) in [6.07, 6.45) is 0. The molecule has 0 aliphatic carbocycles. The average Bonchev–Trinajstić information content (AvgIpc) is 2.75. The number of nitro benzene ring substituents is 1. The molecule has 7 heteroatoms. The third-order valence-electron chi connectivity index (χ3n) is 2.53. The van der Waals surface area contributed by atoms with Gasteiger partial charge in [0.1, 0.15) is 0 Å². The lowest BCUT2D eigenvalue weighted by atomic mass is 10.2. The van der Waals surface area contributed by atoms with Crippen molar-refractivity contribution >= 4 is 48.9 Å². The smallest absolute Gasteiger partial charge is 0.273 e. The molecule has 0 radical (unpaired) electrons. The topological polar surface area (TPSA) is 55.2 Å². The van der Waals surface area contributed by atoms with E-state index in [9.17, 15) is 10.1 Å². The molecule has 0 atom stereocenters. The summed E-state index contributed by atoms with van der Waals surface area (Å²) in [6, 6.07) is 6.96. The summed E-state index contributed by atoms with van der Waals surface area (Å²) in [7, 11) is 0. The molecule has 0 saturated heterocycles. The van der Waals surface area contributed by atoms with Gasteiger partial charge in [0, 0.05) is 38.5 Å². The van der Waals surface area contributed by atoms with Crippen LogP contribution in [0.3, 0.4) is 0 Å². The quantitative estimate of drug-likeness (QED) is 0.589. The normalized spacial score (nSPS) is 10.6. The minimum Gasteiger partial charge on any atom is -0.307 e. The van der Waals surface area contributed by atoms with Crippen molar-refractivity contribution in [3.05, 3.63) is 59.1 Å². The van der Waals surface area contributed by atoms with Gasteiger partial charge < -0.3 is 5.32 Å². The monoisotopic (exact) mass is 404 g/mol. The van der Waals surface area contributed by atoms with Crippen molar-refractivity contribution in [2.24, 2.45) is 0 Å². The van der Waals surface area contributed by atoms with Crippen LogP contribution in [0.5, 0.6) is 0 Å². The molecule has 0 unspecified atom stereocenters. The van der Waals surface area contributed by atoms with Crippen LogP contribution in [0, 0.1) is 10.1 Å². The Bertz CT molecular complexity index is 601. The van der Waals surface area contributed by atoms with Gasteiger partial charge in [-0.25, -0.2) is 0 Å². The highest BCUT2D eigenvalue weighted by Gasteiger charge is 2.13. The molecule has 100 valence electrons. The lowest BCUT2D eigenvalue weighted by Gasteiger charge is -2.06. The van der Waals surface area contributed by atoms with Gasteiger partial charge in [0.05, 0.1) is 4.92 Å². The maximum atomic E-state index is 10.9. The molecule has 0 aliphatic rings. The van der Waals surface area contributed by atoms with E-state index in [0.717, 1.165) is 8.95 Å². The molecule has 0 saturated carbocycles. The lowest BCUT2D eigenvalue weighted by molar-refractivity contribution is -0.385. The molecule has 0 spiro atoms. The van der Waals surface area contributed by atoms with Crippen molar-refractivity contribution in [3.63, 3.8) is 0 Å². The number of hydrogen-bond donors (Lipinski definition) is 1. The van der Waals surface area contributed by atoms with E-state index in [2.05, 4.69) is 37.2 Å². The Morgan fingerprint density at radius 1 is 1.26 bits per heavy atom. The van der Waals surface area contributed by atoms with Gasteiger partial charge in [-0.1, -0.05) is 15.9 Å². The number of hydrogen-bond acceptors (Lipinski definition) is 4. The van der Waals surface area contributed by atoms with Crippen LogP contribution in [0.25, 0.3) is 0 Å². The van der Waals surface area contributed by atoms with E-state index in [1.807, 2.05) is 11.4 Å². The van der Waals surface area contributed by atoms with E-state index in [1.54, 1.807) is 23.5 Å². The van der Waals surface area contributed by atoms with E-state index >= 15 is 0 Å². The largest absolute Gasteiger partial charge is 0.307 e. The van der Waals surface area contributed by atoms with Crippen LogP contribution < -0.4 is 5.32 Å². The van der Waals surface area contributed by atoms with E-state index < -0.39 is 0 Å². The number of nitro groups is 1. The van der Waals surface area contributed by atoms with Crippen LogP contribution in [-0.4, -0.2) is 4.92 Å². The molecular weight excluding hydrogens is 396 g/mol. The van der Waals surface area contributed by atoms with Gasteiger partial charge in [0.2, 0.25) is 0 Å². The molecule has 4 nitrogen and oxygen atoms in total. The molecule has 1 heterocycles.